The van der Waals surface area contributed by atoms with Crippen LogP contribution in [-0.4, -0.2) is 31.1 Å². The van der Waals surface area contributed by atoms with Crippen molar-refractivity contribution in [1.29, 1.82) is 0 Å². The standard InChI is InChI=1S/C23H22N4O3S/c24-22-21(15-4-7-20-16(10-15)8-9-25-23(20)28)12-17(13-26-22)14-2-1-3-18(11-14)27-31(29,30)19-5-6-19/h1-4,7,10-13,19,27H,5-6,8-9H2,(H2,24,26)(H,25,28). The van der Waals surface area contributed by atoms with E-state index >= 15 is 0 Å². The number of sulfonamides is 1. The van der Waals surface area contributed by atoms with E-state index in [-0.39, 0.29) is 11.2 Å². The number of nitrogens with one attached hydrogen (secondary N) is 2. The van der Waals surface area contributed by atoms with Crippen LogP contribution in [-0.2, 0) is 16.4 Å². The predicted octanol–water partition coefficient (Wildman–Crippen LogP) is 3.19. The number of benzene rings is 2. The number of carbonyl (C=O) groups is 1. The van der Waals surface area contributed by atoms with Crippen molar-refractivity contribution in [3.8, 4) is 22.3 Å². The molecule has 5 rings (SSSR count). The molecule has 7 nitrogen and oxygen atoms in total. The molecule has 0 atom stereocenters. The van der Waals surface area contributed by atoms with Crippen LogP contribution < -0.4 is 15.8 Å². The van der Waals surface area contributed by atoms with Crippen LogP contribution in [0.3, 0.4) is 0 Å². The number of amides is 1. The van der Waals surface area contributed by atoms with Gasteiger partial charge in [0.15, 0.2) is 0 Å². The van der Waals surface area contributed by atoms with E-state index in [9.17, 15) is 13.2 Å². The topological polar surface area (TPSA) is 114 Å². The van der Waals surface area contributed by atoms with Gasteiger partial charge in [0.1, 0.15) is 5.82 Å². The van der Waals surface area contributed by atoms with Gasteiger partial charge in [-0.2, -0.15) is 0 Å². The zero-order chi connectivity index (χ0) is 21.6. The highest BCUT2D eigenvalue weighted by Gasteiger charge is 2.35. The quantitative estimate of drug-likeness (QED) is 0.571. The Hall–Kier alpha value is -3.39. The molecule has 2 aromatic carbocycles. The fourth-order valence-electron chi connectivity index (χ4n) is 3.85. The number of nitrogens with two attached hydrogens (primary N) is 1. The van der Waals surface area contributed by atoms with Gasteiger partial charge in [-0.3, -0.25) is 9.52 Å². The largest absolute Gasteiger partial charge is 0.383 e. The molecule has 31 heavy (non-hydrogen) atoms. The van der Waals surface area contributed by atoms with Crippen molar-refractivity contribution < 1.29 is 13.2 Å². The number of nitrogen functional groups attached to an aromatic ring is 1. The third-order valence-corrected chi connectivity index (χ3v) is 7.55. The van der Waals surface area contributed by atoms with E-state index in [0.717, 1.165) is 34.2 Å². The van der Waals surface area contributed by atoms with Crippen molar-refractivity contribution >= 4 is 27.4 Å². The number of rotatable bonds is 5. The summed E-state index contributed by atoms with van der Waals surface area (Å²) in [4.78, 5) is 16.4. The lowest BCUT2D eigenvalue weighted by Crippen LogP contribution is -2.31. The lowest BCUT2D eigenvalue weighted by atomic mass is 9.94. The van der Waals surface area contributed by atoms with Crippen LogP contribution in [0.25, 0.3) is 22.3 Å². The summed E-state index contributed by atoms with van der Waals surface area (Å²) in [6.07, 6.45) is 3.87. The molecule has 1 aromatic heterocycles. The van der Waals surface area contributed by atoms with Crippen LogP contribution in [0, 0.1) is 0 Å². The van der Waals surface area contributed by atoms with E-state index in [2.05, 4.69) is 15.0 Å². The van der Waals surface area contributed by atoms with Crippen molar-refractivity contribution in [2.75, 3.05) is 17.0 Å². The number of pyridine rings is 1. The molecular weight excluding hydrogens is 412 g/mol. The molecule has 4 N–H and O–H groups in total. The minimum Gasteiger partial charge on any atom is -0.383 e. The fourth-order valence-corrected chi connectivity index (χ4v) is 5.23. The predicted molar refractivity (Wildman–Crippen MR) is 121 cm³/mol. The van der Waals surface area contributed by atoms with Crippen LogP contribution in [0.2, 0.25) is 0 Å². The van der Waals surface area contributed by atoms with Gasteiger partial charge in [-0.25, -0.2) is 13.4 Å². The molecule has 0 radical (unpaired) electrons. The maximum absolute atomic E-state index is 12.3. The van der Waals surface area contributed by atoms with Gasteiger partial charge in [0, 0.05) is 35.1 Å². The summed E-state index contributed by atoms with van der Waals surface area (Å²) >= 11 is 0. The van der Waals surface area contributed by atoms with Gasteiger partial charge in [-0.15, -0.1) is 0 Å². The molecule has 2 aliphatic rings. The number of fused-ring (bicyclic) bond motifs is 1. The molecule has 1 saturated carbocycles. The van der Waals surface area contributed by atoms with Gasteiger partial charge in [-0.05, 0) is 60.2 Å². The van der Waals surface area contributed by atoms with Gasteiger partial charge in [0.05, 0.1) is 5.25 Å². The third-order valence-electron chi connectivity index (χ3n) is 5.68. The van der Waals surface area contributed by atoms with Gasteiger partial charge in [0.25, 0.3) is 5.91 Å². The van der Waals surface area contributed by atoms with E-state index in [1.165, 1.54) is 0 Å². The first kappa shape index (κ1) is 19.6. The highest BCUT2D eigenvalue weighted by Crippen LogP contribution is 2.33. The van der Waals surface area contributed by atoms with Gasteiger partial charge in [-0.1, -0.05) is 24.3 Å². The van der Waals surface area contributed by atoms with E-state index in [1.807, 2.05) is 36.4 Å². The number of nitrogens with zero attached hydrogens (tertiary/aromatic N) is 1. The van der Waals surface area contributed by atoms with E-state index in [1.54, 1.807) is 18.3 Å². The first-order chi connectivity index (χ1) is 14.9. The average molecular weight is 435 g/mol. The number of hydrogen-bond acceptors (Lipinski definition) is 5. The number of aromatic nitrogens is 1. The first-order valence-electron chi connectivity index (χ1n) is 10.2. The highest BCUT2D eigenvalue weighted by molar-refractivity contribution is 7.93. The molecule has 1 aliphatic carbocycles. The third kappa shape index (κ3) is 3.86. The van der Waals surface area contributed by atoms with E-state index in [4.69, 9.17) is 5.73 Å². The second-order valence-electron chi connectivity index (χ2n) is 7.96. The molecule has 1 aliphatic heterocycles. The van der Waals surface area contributed by atoms with Crippen LogP contribution in [0.15, 0.2) is 54.7 Å². The molecule has 0 unspecified atom stereocenters. The molecule has 0 bridgehead atoms. The molecule has 2 heterocycles. The lowest BCUT2D eigenvalue weighted by molar-refractivity contribution is 0.0946. The number of carbonyl (C=O) groups excluding carboxylic acids is 1. The van der Waals surface area contributed by atoms with E-state index in [0.29, 0.717) is 36.5 Å². The Balaban J connectivity index is 1.49. The Labute approximate surface area is 180 Å². The van der Waals surface area contributed by atoms with Gasteiger partial charge in [0.2, 0.25) is 10.0 Å². The van der Waals surface area contributed by atoms with Crippen molar-refractivity contribution in [3.63, 3.8) is 0 Å². The fraction of sp³-hybridized carbons (Fsp3) is 0.217. The second kappa shape index (κ2) is 7.39. The summed E-state index contributed by atoms with van der Waals surface area (Å²) in [5.41, 5.74) is 11.7. The zero-order valence-corrected chi connectivity index (χ0v) is 17.6. The van der Waals surface area contributed by atoms with Crippen LogP contribution in [0.4, 0.5) is 11.5 Å². The highest BCUT2D eigenvalue weighted by atomic mass is 32.2. The Morgan fingerprint density at radius 1 is 1.00 bits per heavy atom. The molecule has 0 saturated heterocycles. The van der Waals surface area contributed by atoms with Gasteiger partial charge < -0.3 is 11.1 Å². The minimum atomic E-state index is -3.33. The normalized spacial score (nSPS) is 15.8. The average Bonchev–Trinajstić information content (AvgIpc) is 3.60. The summed E-state index contributed by atoms with van der Waals surface area (Å²) in [6.45, 7) is 0.618. The maximum Gasteiger partial charge on any atom is 0.251 e. The Bertz CT molecular complexity index is 1300. The molecule has 158 valence electrons. The Morgan fingerprint density at radius 2 is 1.84 bits per heavy atom. The zero-order valence-electron chi connectivity index (χ0n) is 16.8. The van der Waals surface area contributed by atoms with Crippen molar-refractivity contribution in [2.45, 2.75) is 24.5 Å². The Morgan fingerprint density at radius 3 is 2.65 bits per heavy atom. The monoisotopic (exact) mass is 434 g/mol. The summed E-state index contributed by atoms with van der Waals surface area (Å²) < 4.78 is 27.2. The van der Waals surface area contributed by atoms with Crippen LogP contribution in [0.1, 0.15) is 28.8 Å². The molecular formula is C23H22N4O3S. The summed E-state index contributed by atoms with van der Waals surface area (Å²) in [7, 11) is -3.33. The summed E-state index contributed by atoms with van der Waals surface area (Å²) in [6, 6.07) is 14.9. The number of hydrogen-bond donors (Lipinski definition) is 3. The van der Waals surface area contributed by atoms with Gasteiger partial charge >= 0.3 is 0 Å². The maximum atomic E-state index is 12.3. The molecule has 3 aromatic rings. The summed E-state index contributed by atoms with van der Waals surface area (Å²) in [5, 5.41) is 2.56. The SMILES string of the molecule is Nc1ncc(-c2cccc(NS(=O)(=O)C3CC3)c2)cc1-c1ccc2c(c1)CCNC2=O. The number of anilines is 2. The first-order valence-corrected chi connectivity index (χ1v) is 11.7. The van der Waals surface area contributed by atoms with Crippen molar-refractivity contribution in [2.24, 2.45) is 0 Å². The molecule has 8 heteroatoms. The van der Waals surface area contributed by atoms with Crippen molar-refractivity contribution in [1.82, 2.24) is 10.3 Å². The second-order valence-corrected chi connectivity index (χ2v) is 9.92. The van der Waals surface area contributed by atoms with Crippen molar-refractivity contribution in [3.05, 3.63) is 65.9 Å². The molecule has 0 spiro atoms. The van der Waals surface area contributed by atoms with Crippen LogP contribution >= 0.6 is 0 Å². The Kier molecular flexibility index (Phi) is 4.66. The van der Waals surface area contributed by atoms with E-state index < -0.39 is 10.0 Å². The molecule has 1 amide bonds. The lowest BCUT2D eigenvalue weighted by Gasteiger charge is -2.18. The van der Waals surface area contributed by atoms with Crippen LogP contribution in [0.5, 0.6) is 0 Å². The molecule has 1 fully saturated rings. The summed E-state index contributed by atoms with van der Waals surface area (Å²) in [5.74, 6) is 0.340. The smallest absolute Gasteiger partial charge is 0.251 e. The minimum absolute atomic E-state index is 0.0573.